The molecule has 2 aromatic heterocycles. The number of nitro benzene ring substituents is 1. The number of nitrogens with zero attached hydrogens (tertiary/aromatic N) is 4. The van der Waals surface area contributed by atoms with Gasteiger partial charge < -0.3 is 4.57 Å². The van der Waals surface area contributed by atoms with E-state index < -0.39 is 4.92 Å². The van der Waals surface area contributed by atoms with Gasteiger partial charge in [0.2, 0.25) is 4.80 Å². The van der Waals surface area contributed by atoms with E-state index in [1.54, 1.807) is 35.8 Å². The Labute approximate surface area is 163 Å². The third-order valence-corrected chi connectivity index (χ3v) is 5.27. The Bertz CT molecular complexity index is 1040. The molecule has 1 aromatic carbocycles. The Hall–Kier alpha value is -3.10. The van der Waals surface area contributed by atoms with Crippen molar-refractivity contribution in [3.05, 3.63) is 85.7 Å². The fourth-order valence-corrected chi connectivity index (χ4v) is 3.85. The van der Waals surface area contributed by atoms with Gasteiger partial charge in [0.1, 0.15) is 0 Å². The van der Waals surface area contributed by atoms with Crippen LogP contribution in [0.15, 0.2) is 76.1 Å². The van der Waals surface area contributed by atoms with Crippen LogP contribution in [0.1, 0.15) is 4.88 Å². The maximum atomic E-state index is 10.8. The molecular formula is C19H16N4O2S2. The number of hydrogen-bond donors (Lipinski definition) is 0. The fraction of sp³-hybridized carbons (Fsp3) is 0.0526. The van der Waals surface area contributed by atoms with Gasteiger partial charge in [-0.05, 0) is 41.3 Å². The first-order valence-corrected chi connectivity index (χ1v) is 9.76. The molecule has 136 valence electrons. The van der Waals surface area contributed by atoms with Crippen LogP contribution in [0.3, 0.4) is 0 Å². The van der Waals surface area contributed by atoms with E-state index in [0.717, 1.165) is 20.9 Å². The molecule has 0 saturated carbocycles. The van der Waals surface area contributed by atoms with Crippen LogP contribution >= 0.6 is 22.7 Å². The molecule has 0 aliphatic heterocycles. The summed E-state index contributed by atoms with van der Waals surface area (Å²) in [5.74, 6) is 0. The summed E-state index contributed by atoms with van der Waals surface area (Å²) >= 11 is 3.11. The van der Waals surface area contributed by atoms with Crippen LogP contribution in [0.4, 0.5) is 5.69 Å². The number of allylic oxidation sites excluding steroid dienone is 2. The summed E-state index contributed by atoms with van der Waals surface area (Å²) in [5.41, 5.74) is 1.86. The van der Waals surface area contributed by atoms with Crippen molar-refractivity contribution < 1.29 is 4.92 Å². The summed E-state index contributed by atoms with van der Waals surface area (Å²) in [6.07, 6.45) is 7.24. The van der Waals surface area contributed by atoms with Crippen LogP contribution in [0.5, 0.6) is 0 Å². The molecule has 2 heterocycles. The quantitative estimate of drug-likeness (QED) is 0.245. The molecule has 0 fully saturated rings. The number of thiophene rings is 1. The van der Waals surface area contributed by atoms with Crippen molar-refractivity contribution in [1.29, 1.82) is 0 Å². The lowest BCUT2D eigenvalue weighted by atomic mass is 10.1. The molecule has 0 atom stereocenters. The van der Waals surface area contributed by atoms with E-state index >= 15 is 0 Å². The SMILES string of the molecule is C=CCn1c(-c2ccc([N+](=O)[O-])cc2)cs\c1=N/N=C/C=C/c1cccs1. The molecule has 0 unspecified atom stereocenters. The number of thiazole rings is 1. The zero-order valence-electron chi connectivity index (χ0n) is 14.3. The van der Waals surface area contributed by atoms with E-state index in [2.05, 4.69) is 16.8 Å². The van der Waals surface area contributed by atoms with Crippen molar-refractivity contribution in [1.82, 2.24) is 4.57 Å². The average molecular weight is 396 g/mol. The van der Waals surface area contributed by atoms with Gasteiger partial charge in [0, 0.05) is 35.1 Å². The molecule has 3 aromatic rings. The van der Waals surface area contributed by atoms with Crippen LogP contribution < -0.4 is 4.80 Å². The minimum absolute atomic E-state index is 0.0660. The Morgan fingerprint density at radius 3 is 2.70 bits per heavy atom. The summed E-state index contributed by atoms with van der Waals surface area (Å²) < 4.78 is 1.97. The number of nitro groups is 1. The van der Waals surface area contributed by atoms with Crippen molar-refractivity contribution >= 4 is 40.7 Å². The minimum Gasteiger partial charge on any atom is -0.311 e. The predicted octanol–water partition coefficient (Wildman–Crippen LogP) is 4.97. The van der Waals surface area contributed by atoms with E-state index in [1.807, 2.05) is 39.6 Å². The summed E-state index contributed by atoms with van der Waals surface area (Å²) in [4.78, 5) is 12.3. The molecule has 3 rings (SSSR count). The highest BCUT2D eigenvalue weighted by Crippen LogP contribution is 2.23. The van der Waals surface area contributed by atoms with Crippen molar-refractivity contribution in [3.8, 4) is 11.3 Å². The third kappa shape index (κ3) is 4.75. The molecule has 0 aliphatic rings. The van der Waals surface area contributed by atoms with Gasteiger partial charge in [-0.25, -0.2) is 0 Å². The predicted molar refractivity (Wildman–Crippen MR) is 112 cm³/mol. The Kier molecular flexibility index (Phi) is 6.24. The van der Waals surface area contributed by atoms with Gasteiger partial charge in [-0.2, -0.15) is 5.10 Å². The number of aromatic nitrogens is 1. The minimum atomic E-state index is -0.408. The van der Waals surface area contributed by atoms with E-state index in [1.165, 1.54) is 23.5 Å². The molecule has 0 N–H and O–H groups in total. The topological polar surface area (TPSA) is 72.8 Å². The fourth-order valence-electron chi connectivity index (χ4n) is 2.34. The smallest absolute Gasteiger partial charge is 0.269 e. The molecule has 0 bridgehead atoms. The lowest BCUT2D eigenvalue weighted by Gasteiger charge is -2.05. The third-order valence-electron chi connectivity index (χ3n) is 3.58. The second-order valence-electron chi connectivity index (χ2n) is 5.35. The van der Waals surface area contributed by atoms with Crippen molar-refractivity contribution in [2.45, 2.75) is 6.54 Å². The van der Waals surface area contributed by atoms with Gasteiger partial charge in [-0.15, -0.1) is 34.4 Å². The second kappa shape index (κ2) is 9.02. The van der Waals surface area contributed by atoms with Crippen LogP contribution in [-0.2, 0) is 6.54 Å². The van der Waals surface area contributed by atoms with Gasteiger partial charge in [0.15, 0.2) is 0 Å². The van der Waals surface area contributed by atoms with Gasteiger partial charge in [0.05, 0.1) is 10.6 Å². The summed E-state index contributed by atoms with van der Waals surface area (Å²) in [5, 5.41) is 23.2. The highest BCUT2D eigenvalue weighted by atomic mass is 32.1. The number of non-ortho nitro benzene ring substituents is 1. The molecule has 27 heavy (non-hydrogen) atoms. The van der Waals surface area contributed by atoms with Crippen LogP contribution in [0.25, 0.3) is 17.3 Å². The normalized spacial score (nSPS) is 12.2. The van der Waals surface area contributed by atoms with Crippen LogP contribution in [0, 0.1) is 10.1 Å². The molecule has 8 heteroatoms. The lowest BCUT2D eigenvalue weighted by molar-refractivity contribution is -0.384. The zero-order chi connectivity index (χ0) is 19.1. The summed E-state index contributed by atoms with van der Waals surface area (Å²) in [6.45, 7) is 4.36. The van der Waals surface area contributed by atoms with Gasteiger partial charge in [0.25, 0.3) is 5.69 Å². The van der Waals surface area contributed by atoms with Crippen molar-refractivity contribution in [2.24, 2.45) is 10.2 Å². The molecule has 0 radical (unpaired) electrons. The molecule has 6 nitrogen and oxygen atoms in total. The zero-order valence-corrected chi connectivity index (χ0v) is 15.9. The Morgan fingerprint density at radius 2 is 2.04 bits per heavy atom. The molecule has 0 saturated heterocycles. The first-order valence-electron chi connectivity index (χ1n) is 8.00. The van der Waals surface area contributed by atoms with E-state index in [-0.39, 0.29) is 5.69 Å². The average Bonchev–Trinajstić information content (AvgIpc) is 3.32. The Balaban J connectivity index is 1.86. The van der Waals surface area contributed by atoms with Crippen molar-refractivity contribution in [2.75, 3.05) is 0 Å². The second-order valence-corrected chi connectivity index (χ2v) is 7.16. The van der Waals surface area contributed by atoms with E-state index in [9.17, 15) is 10.1 Å². The summed E-state index contributed by atoms with van der Waals surface area (Å²) in [6, 6.07) is 10.5. The standard InChI is InChI=1S/C19H16N4O2S2/c1-2-12-22-18(15-7-9-16(10-8-15)23(24)25)14-27-19(22)21-20-11-3-5-17-6-4-13-26-17/h2-11,13-14H,1,12H2/b5-3+,20-11+,21-19-. The summed E-state index contributed by atoms with van der Waals surface area (Å²) in [7, 11) is 0. The lowest BCUT2D eigenvalue weighted by Crippen LogP contribution is -2.14. The van der Waals surface area contributed by atoms with Gasteiger partial charge >= 0.3 is 0 Å². The first-order chi connectivity index (χ1) is 13.2. The largest absolute Gasteiger partial charge is 0.311 e. The number of benzene rings is 1. The number of rotatable bonds is 7. The van der Waals surface area contributed by atoms with Gasteiger partial charge in [-0.3, -0.25) is 10.1 Å². The van der Waals surface area contributed by atoms with Crippen LogP contribution in [-0.4, -0.2) is 15.7 Å². The molecular weight excluding hydrogens is 380 g/mol. The van der Waals surface area contributed by atoms with Crippen LogP contribution in [0.2, 0.25) is 0 Å². The van der Waals surface area contributed by atoms with E-state index in [0.29, 0.717) is 6.54 Å². The van der Waals surface area contributed by atoms with Gasteiger partial charge in [-0.1, -0.05) is 12.1 Å². The van der Waals surface area contributed by atoms with Crippen molar-refractivity contribution in [3.63, 3.8) is 0 Å². The maximum absolute atomic E-state index is 10.8. The molecule has 0 aliphatic carbocycles. The highest BCUT2D eigenvalue weighted by molar-refractivity contribution is 7.10. The Morgan fingerprint density at radius 1 is 1.22 bits per heavy atom. The monoisotopic (exact) mass is 396 g/mol. The van der Waals surface area contributed by atoms with E-state index in [4.69, 9.17) is 0 Å². The molecule has 0 spiro atoms. The first kappa shape index (κ1) is 18.7. The number of hydrogen-bond acceptors (Lipinski definition) is 6. The maximum Gasteiger partial charge on any atom is 0.269 e. The molecule has 0 amide bonds. The highest BCUT2D eigenvalue weighted by Gasteiger charge is 2.09.